The zero-order valence-electron chi connectivity index (χ0n) is 20.1. The number of aliphatic imine (C=N–C) groups is 1. The minimum absolute atomic E-state index is 0.211. The number of nitrogens with two attached hydrogens (primary N) is 1. The van der Waals surface area contributed by atoms with Crippen molar-refractivity contribution in [2.75, 3.05) is 5.88 Å². The molecule has 1 aromatic carbocycles. The molecule has 0 atom stereocenters. The van der Waals surface area contributed by atoms with Crippen LogP contribution in [0.5, 0.6) is 0 Å². The molecular weight excluding hydrogens is 475 g/mol. The second-order valence-corrected chi connectivity index (χ2v) is 8.12. The van der Waals surface area contributed by atoms with Gasteiger partial charge >= 0.3 is 0 Å². The lowest BCUT2D eigenvalue weighted by Crippen LogP contribution is -2.13. The average molecular weight is 510 g/mol. The van der Waals surface area contributed by atoms with Gasteiger partial charge in [0.05, 0.1) is 15.0 Å². The molecule has 1 rings (SSSR count). The minimum atomic E-state index is -0.608. The fraction of sp³-hybridized carbons (Fsp3) is 0.231. The van der Waals surface area contributed by atoms with Crippen molar-refractivity contribution < 1.29 is 9.53 Å². The predicted octanol–water partition coefficient (Wildman–Crippen LogP) is 8.28. The van der Waals surface area contributed by atoms with Crippen LogP contribution in [0.2, 0.25) is 5.02 Å². The summed E-state index contributed by atoms with van der Waals surface area (Å²) in [6.07, 6.45) is 4.84. The third-order valence-electron chi connectivity index (χ3n) is 3.14. The molecule has 0 aromatic heterocycles. The second kappa shape index (κ2) is 19.0. The first kappa shape index (κ1) is 32.7. The first-order valence-corrected chi connectivity index (χ1v) is 11.8. The Morgan fingerprint density at radius 2 is 1.73 bits per heavy atom. The van der Waals surface area contributed by atoms with Gasteiger partial charge in [-0.25, -0.2) is 0 Å². The van der Waals surface area contributed by atoms with Crippen LogP contribution >= 0.6 is 35.0 Å². The molecule has 0 heterocycles. The summed E-state index contributed by atoms with van der Waals surface area (Å²) in [5, 5.41) is 1.15. The zero-order valence-corrected chi connectivity index (χ0v) is 22.4. The number of carbonyl (C=O) groups excluding carboxylic acids is 1. The van der Waals surface area contributed by atoms with E-state index in [-0.39, 0.29) is 10.7 Å². The van der Waals surface area contributed by atoms with Gasteiger partial charge < -0.3 is 10.5 Å². The largest absolute Gasteiger partial charge is 0.458 e. The van der Waals surface area contributed by atoms with E-state index in [2.05, 4.69) is 31.3 Å². The van der Waals surface area contributed by atoms with Gasteiger partial charge in [-0.05, 0) is 45.1 Å². The molecule has 0 unspecified atom stereocenters. The SMILES string of the molecule is C=C(C)CCl.C=C/C=C(\C)N=C(C)S/C(=C\C(=C)OC(=C)c1ccccc1Cl)C(N)=O.CC. The summed E-state index contributed by atoms with van der Waals surface area (Å²) < 4.78 is 5.56. The maximum absolute atomic E-state index is 11.7. The molecule has 33 heavy (non-hydrogen) atoms. The molecule has 0 spiro atoms. The molecule has 0 saturated heterocycles. The Hall–Kier alpha value is -2.47. The number of benzene rings is 1. The number of allylic oxidation sites excluding steroid dienone is 5. The van der Waals surface area contributed by atoms with E-state index < -0.39 is 5.91 Å². The number of primary amides is 1. The molecular formula is C26H34Cl2N2O2S. The van der Waals surface area contributed by atoms with E-state index in [9.17, 15) is 4.79 Å². The van der Waals surface area contributed by atoms with Crippen LogP contribution in [0.1, 0.15) is 40.2 Å². The first-order chi connectivity index (χ1) is 15.5. The van der Waals surface area contributed by atoms with Gasteiger partial charge in [0.2, 0.25) is 0 Å². The van der Waals surface area contributed by atoms with E-state index >= 15 is 0 Å². The van der Waals surface area contributed by atoms with Crippen molar-refractivity contribution in [1.82, 2.24) is 0 Å². The van der Waals surface area contributed by atoms with Crippen LogP contribution in [0.4, 0.5) is 0 Å². The van der Waals surface area contributed by atoms with Gasteiger partial charge in [0.15, 0.2) is 0 Å². The lowest BCUT2D eigenvalue weighted by Gasteiger charge is -2.11. The van der Waals surface area contributed by atoms with Crippen molar-refractivity contribution >= 4 is 51.7 Å². The number of alkyl halides is 1. The van der Waals surface area contributed by atoms with Crippen molar-refractivity contribution in [2.45, 2.75) is 34.6 Å². The molecule has 0 bridgehead atoms. The molecule has 1 amide bonds. The Kier molecular flexibility index (Phi) is 18.9. The third-order valence-corrected chi connectivity index (χ3v) is 4.85. The van der Waals surface area contributed by atoms with Crippen LogP contribution in [0.3, 0.4) is 0 Å². The normalized spacial score (nSPS) is 11.2. The molecule has 0 aliphatic rings. The highest BCUT2D eigenvalue weighted by Gasteiger charge is 2.11. The number of rotatable bonds is 9. The maximum Gasteiger partial charge on any atom is 0.255 e. The van der Waals surface area contributed by atoms with Crippen LogP contribution in [-0.4, -0.2) is 16.8 Å². The predicted molar refractivity (Wildman–Crippen MR) is 150 cm³/mol. The average Bonchev–Trinajstić information content (AvgIpc) is 2.75. The fourth-order valence-electron chi connectivity index (χ4n) is 1.87. The van der Waals surface area contributed by atoms with Gasteiger partial charge in [-0.3, -0.25) is 9.79 Å². The van der Waals surface area contributed by atoms with E-state index in [1.807, 2.05) is 33.8 Å². The Morgan fingerprint density at radius 1 is 1.18 bits per heavy atom. The van der Waals surface area contributed by atoms with Gasteiger partial charge in [-0.15, -0.1) is 11.6 Å². The molecule has 0 aliphatic carbocycles. The number of ether oxygens (including phenoxy) is 1. The smallest absolute Gasteiger partial charge is 0.255 e. The number of thioether (sulfide) groups is 1. The molecule has 2 N–H and O–H groups in total. The van der Waals surface area contributed by atoms with Crippen molar-refractivity contribution in [2.24, 2.45) is 10.7 Å². The standard InChI is InChI=1S/C20H21ClN2O2S.C4H7Cl.C2H6/c1-6-9-13(2)23-16(5)26-19(20(22)24)12-14(3)25-15(4)17-10-7-8-11-18(17)21;1-4(2)3-5;1-2/h6-12H,1,3-4H2,2,5H3,(H2,22,24);1,3H2,2H3;1-2H3/b13-9+,19-12-,23-16?;;. The summed E-state index contributed by atoms with van der Waals surface area (Å²) in [7, 11) is 0. The number of hydrogen-bond acceptors (Lipinski definition) is 4. The highest BCUT2D eigenvalue weighted by Crippen LogP contribution is 2.26. The van der Waals surface area contributed by atoms with Crippen molar-refractivity contribution in [3.05, 3.63) is 101 Å². The second-order valence-electron chi connectivity index (χ2n) is 6.21. The molecule has 180 valence electrons. The van der Waals surface area contributed by atoms with E-state index in [0.717, 1.165) is 23.0 Å². The van der Waals surface area contributed by atoms with Gasteiger partial charge in [0.1, 0.15) is 11.5 Å². The number of amides is 1. The molecule has 0 saturated carbocycles. The van der Waals surface area contributed by atoms with E-state index in [1.54, 1.807) is 37.3 Å². The van der Waals surface area contributed by atoms with Gasteiger partial charge in [-0.1, -0.05) is 87.3 Å². The number of nitrogens with zero attached hydrogens (tertiary/aromatic N) is 1. The quantitative estimate of drug-likeness (QED) is 0.0693. The number of hydrogen-bond donors (Lipinski definition) is 1. The van der Waals surface area contributed by atoms with E-state index in [0.29, 0.717) is 27.3 Å². The Morgan fingerprint density at radius 3 is 2.18 bits per heavy atom. The number of halogens is 2. The minimum Gasteiger partial charge on any atom is -0.458 e. The van der Waals surface area contributed by atoms with Crippen molar-refractivity contribution in [3.8, 4) is 0 Å². The van der Waals surface area contributed by atoms with Gasteiger partial charge in [0.25, 0.3) is 5.91 Å². The molecule has 7 heteroatoms. The van der Waals surface area contributed by atoms with Crippen molar-refractivity contribution in [1.29, 1.82) is 0 Å². The van der Waals surface area contributed by atoms with Crippen LogP contribution in [0, 0.1) is 0 Å². The Balaban J connectivity index is 0. The molecule has 0 aliphatic heterocycles. The third kappa shape index (κ3) is 15.9. The van der Waals surface area contributed by atoms with Crippen LogP contribution in [0.25, 0.3) is 5.76 Å². The maximum atomic E-state index is 11.7. The van der Waals surface area contributed by atoms with Crippen molar-refractivity contribution in [3.63, 3.8) is 0 Å². The lowest BCUT2D eigenvalue weighted by molar-refractivity contribution is -0.113. The summed E-state index contributed by atoms with van der Waals surface area (Å²) in [5.74, 6) is 0.506. The van der Waals surface area contributed by atoms with E-state index in [4.69, 9.17) is 33.7 Å². The highest BCUT2D eigenvalue weighted by atomic mass is 35.5. The molecule has 0 fully saturated rings. The summed E-state index contributed by atoms with van der Waals surface area (Å²) in [5.41, 5.74) is 7.85. The van der Waals surface area contributed by atoms with Gasteiger partial charge in [-0.2, -0.15) is 0 Å². The summed E-state index contributed by atoms with van der Waals surface area (Å²) >= 11 is 12.5. The first-order valence-electron chi connectivity index (χ1n) is 10.1. The Labute approximate surface area is 213 Å². The molecule has 0 radical (unpaired) electrons. The fourth-order valence-corrected chi connectivity index (χ4v) is 2.91. The highest BCUT2D eigenvalue weighted by molar-refractivity contribution is 8.17. The summed E-state index contributed by atoms with van der Waals surface area (Å²) in [4.78, 5) is 16.3. The zero-order chi connectivity index (χ0) is 26.0. The number of carbonyl (C=O) groups is 1. The van der Waals surface area contributed by atoms with Crippen LogP contribution in [0.15, 0.2) is 95.7 Å². The molecule has 1 aromatic rings. The van der Waals surface area contributed by atoms with Gasteiger partial charge in [0, 0.05) is 17.1 Å². The van der Waals surface area contributed by atoms with Crippen LogP contribution < -0.4 is 5.73 Å². The summed E-state index contributed by atoms with van der Waals surface area (Å²) in [6, 6.07) is 7.13. The topological polar surface area (TPSA) is 64.7 Å². The Bertz CT molecular complexity index is 932. The summed E-state index contributed by atoms with van der Waals surface area (Å²) in [6.45, 7) is 24.3. The monoisotopic (exact) mass is 508 g/mol. The van der Waals surface area contributed by atoms with E-state index in [1.165, 1.54) is 6.08 Å². The molecule has 4 nitrogen and oxygen atoms in total. The lowest BCUT2D eigenvalue weighted by atomic mass is 10.2. The van der Waals surface area contributed by atoms with Crippen LogP contribution in [-0.2, 0) is 9.53 Å².